The van der Waals surface area contributed by atoms with E-state index in [1.807, 2.05) is 0 Å². The van der Waals surface area contributed by atoms with Crippen molar-refractivity contribution in [3.8, 4) is 0 Å². The first-order chi connectivity index (χ1) is 9.70. The van der Waals surface area contributed by atoms with Gasteiger partial charge in [-0.15, -0.1) is 0 Å². The number of sulfone groups is 1. The molecular formula is C16H29NO3S. The Kier molecular flexibility index (Phi) is 4.45. The van der Waals surface area contributed by atoms with Gasteiger partial charge in [0.15, 0.2) is 9.84 Å². The zero-order chi connectivity index (χ0) is 15.9. The van der Waals surface area contributed by atoms with Gasteiger partial charge in [0.2, 0.25) is 5.91 Å². The second-order valence-corrected chi connectivity index (χ2v) is 10.0. The van der Waals surface area contributed by atoms with Gasteiger partial charge in [0.05, 0.1) is 5.25 Å². The van der Waals surface area contributed by atoms with E-state index in [0.29, 0.717) is 31.3 Å². The third-order valence-corrected chi connectivity index (χ3v) is 8.75. The molecule has 2 aliphatic rings. The standard InChI is InChI=1S/C16H29NO3S/c1-5-16(6-2)9-11-17(12-10-16)14(18)15(3,4)21(19,20)13-7-8-13/h13H,5-12H2,1-4H3. The topological polar surface area (TPSA) is 54.5 Å². The molecule has 1 aliphatic heterocycles. The molecule has 0 unspecified atom stereocenters. The first-order valence-electron chi connectivity index (χ1n) is 8.23. The number of carbonyl (C=O) groups is 1. The number of nitrogens with zero attached hydrogens (tertiary/aromatic N) is 1. The summed E-state index contributed by atoms with van der Waals surface area (Å²) >= 11 is 0. The van der Waals surface area contributed by atoms with Crippen LogP contribution in [0.5, 0.6) is 0 Å². The first kappa shape index (κ1) is 16.8. The van der Waals surface area contributed by atoms with E-state index in [9.17, 15) is 13.2 Å². The minimum absolute atomic E-state index is 0.199. The summed E-state index contributed by atoms with van der Waals surface area (Å²) in [4.78, 5) is 14.5. The highest BCUT2D eigenvalue weighted by atomic mass is 32.2. The molecule has 4 nitrogen and oxygen atoms in total. The molecule has 2 rings (SSSR count). The third kappa shape index (κ3) is 2.86. The van der Waals surface area contributed by atoms with Crippen molar-refractivity contribution in [1.82, 2.24) is 4.90 Å². The van der Waals surface area contributed by atoms with Crippen LogP contribution < -0.4 is 0 Å². The minimum atomic E-state index is -3.34. The Morgan fingerprint density at radius 3 is 2.00 bits per heavy atom. The number of likely N-dealkylation sites (tertiary alicyclic amines) is 1. The third-order valence-electron chi connectivity index (χ3n) is 5.80. The highest BCUT2D eigenvalue weighted by Crippen LogP contribution is 2.40. The van der Waals surface area contributed by atoms with Crippen LogP contribution in [0.1, 0.15) is 66.2 Å². The maximum Gasteiger partial charge on any atom is 0.243 e. The van der Waals surface area contributed by atoms with E-state index < -0.39 is 14.6 Å². The number of amides is 1. The van der Waals surface area contributed by atoms with E-state index in [2.05, 4.69) is 13.8 Å². The van der Waals surface area contributed by atoms with Gasteiger partial charge in [0.1, 0.15) is 4.75 Å². The van der Waals surface area contributed by atoms with Gasteiger partial charge in [-0.3, -0.25) is 4.79 Å². The highest BCUT2D eigenvalue weighted by molar-refractivity contribution is 7.94. The van der Waals surface area contributed by atoms with Crippen LogP contribution in [0.3, 0.4) is 0 Å². The molecular weight excluding hydrogens is 286 g/mol. The molecule has 1 saturated carbocycles. The van der Waals surface area contributed by atoms with Crippen molar-refractivity contribution >= 4 is 15.7 Å². The van der Waals surface area contributed by atoms with Crippen molar-refractivity contribution in [2.75, 3.05) is 13.1 Å². The smallest absolute Gasteiger partial charge is 0.243 e. The summed E-state index contributed by atoms with van der Waals surface area (Å²) in [5, 5.41) is -0.286. The monoisotopic (exact) mass is 315 g/mol. The van der Waals surface area contributed by atoms with Crippen LogP contribution >= 0.6 is 0 Å². The largest absolute Gasteiger partial charge is 0.341 e. The van der Waals surface area contributed by atoms with Crippen LogP contribution in [-0.2, 0) is 14.6 Å². The molecule has 0 aromatic heterocycles. The van der Waals surface area contributed by atoms with Crippen LogP contribution in [-0.4, -0.2) is 42.3 Å². The fourth-order valence-corrected chi connectivity index (χ4v) is 5.40. The number of hydrogen-bond donors (Lipinski definition) is 0. The summed E-state index contributed by atoms with van der Waals surface area (Å²) in [7, 11) is -3.34. The van der Waals surface area contributed by atoms with E-state index in [1.165, 1.54) is 0 Å². The molecule has 122 valence electrons. The lowest BCUT2D eigenvalue weighted by Crippen LogP contribution is -2.54. The van der Waals surface area contributed by atoms with Crippen molar-refractivity contribution in [1.29, 1.82) is 0 Å². The number of hydrogen-bond acceptors (Lipinski definition) is 3. The van der Waals surface area contributed by atoms with Gasteiger partial charge >= 0.3 is 0 Å². The Hall–Kier alpha value is -0.580. The van der Waals surface area contributed by atoms with Crippen LogP contribution in [0.2, 0.25) is 0 Å². The molecule has 0 radical (unpaired) electrons. The maximum absolute atomic E-state index is 12.7. The Balaban J connectivity index is 2.08. The molecule has 0 aromatic carbocycles. The highest BCUT2D eigenvalue weighted by Gasteiger charge is 2.52. The van der Waals surface area contributed by atoms with Crippen molar-refractivity contribution in [2.45, 2.75) is 76.2 Å². The molecule has 0 atom stereocenters. The van der Waals surface area contributed by atoms with Crippen molar-refractivity contribution in [3.63, 3.8) is 0 Å². The zero-order valence-electron chi connectivity index (χ0n) is 13.8. The van der Waals surface area contributed by atoms with Crippen LogP contribution in [0.4, 0.5) is 0 Å². The molecule has 1 heterocycles. The molecule has 1 saturated heterocycles. The van der Waals surface area contributed by atoms with E-state index in [1.54, 1.807) is 18.7 Å². The lowest BCUT2D eigenvalue weighted by atomic mass is 9.74. The van der Waals surface area contributed by atoms with Crippen LogP contribution in [0, 0.1) is 5.41 Å². The number of rotatable bonds is 5. The van der Waals surface area contributed by atoms with Crippen molar-refractivity contribution in [2.24, 2.45) is 5.41 Å². The zero-order valence-corrected chi connectivity index (χ0v) is 14.6. The Labute approximate surface area is 129 Å². The summed E-state index contributed by atoms with van der Waals surface area (Å²) in [6, 6.07) is 0. The molecule has 5 heteroatoms. The first-order valence-corrected chi connectivity index (χ1v) is 9.77. The number of piperidine rings is 1. The fourth-order valence-electron chi connectivity index (χ4n) is 3.44. The van der Waals surface area contributed by atoms with Gasteiger partial charge < -0.3 is 4.90 Å². The summed E-state index contributed by atoms with van der Waals surface area (Å²) in [6.07, 6.45) is 5.68. The van der Waals surface area contributed by atoms with E-state index in [4.69, 9.17) is 0 Å². The summed E-state index contributed by atoms with van der Waals surface area (Å²) < 4.78 is 23.7. The van der Waals surface area contributed by atoms with Crippen LogP contribution in [0.15, 0.2) is 0 Å². The SMILES string of the molecule is CCC1(CC)CCN(C(=O)C(C)(C)S(=O)(=O)C2CC2)CC1. The maximum atomic E-state index is 12.7. The Morgan fingerprint density at radius 1 is 1.14 bits per heavy atom. The summed E-state index contributed by atoms with van der Waals surface area (Å²) in [6.45, 7) is 8.99. The normalized spacial score (nSPS) is 23.1. The predicted octanol–water partition coefficient (Wildman–Crippen LogP) is 2.77. The van der Waals surface area contributed by atoms with E-state index >= 15 is 0 Å². The Morgan fingerprint density at radius 2 is 1.62 bits per heavy atom. The predicted molar refractivity (Wildman–Crippen MR) is 84.8 cm³/mol. The van der Waals surface area contributed by atoms with Gasteiger partial charge in [-0.05, 0) is 44.9 Å². The molecule has 2 fully saturated rings. The van der Waals surface area contributed by atoms with Gasteiger partial charge in [-0.2, -0.15) is 0 Å². The summed E-state index contributed by atoms with van der Waals surface area (Å²) in [5.74, 6) is -0.199. The molecule has 0 N–H and O–H groups in total. The molecule has 0 spiro atoms. The summed E-state index contributed by atoms with van der Waals surface area (Å²) in [5.41, 5.74) is 0.344. The average molecular weight is 315 g/mol. The fraction of sp³-hybridized carbons (Fsp3) is 0.938. The molecule has 1 aliphatic carbocycles. The molecule has 21 heavy (non-hydrogen) atoms. The van der Waals surface area contributed by atoms with E-state index in [-0.39, 0.29) is 11.2 Å². The van der Waals surface area contributed by atoms with E-state index in [0.717, 1.165) is 25.7 Å². The second kappa shape index (κ2) is 5.56. The molecule has 0 aromatic rings. The average Bonchev–Trinajstić information content (AvgIpc) is 3.31. The lowest BCUT2D eigenvalue weighted by Gasteiger charge is -2.43. The van der Waals surface area contributed by atoms with Crippen LogP contribution in [0.25, 0.3) is 0 Å². The Bertz CT molecular complexity index is 492. The lowest BCUT2D eigenvalue weighted by molar-refractivity contribution is -0.135. The van der Waals surface area contributed by atoms with Gasteiger partial charge in [-0.25, -0.2) is 8.42 Å². The number of carbonyl (C=O) groups excluding carboxylic acids is 1. The minimum Gasteiger partial charge on any atom is -0.341 e. The van der Waals surface area contributed by atoms with Crippen molar-refractivity contribution < 1.29 is 13.2 Å². The molecule has 0 bridgehead atoms. The van der Waals surface area contributed by atoms with Gasteiger partial charge in [0, 0.05) is 13.1 Å². The van der Waals surface area contributed by atoms with Crippen molar-refractivity contribution in [3.05, 3.63) is 0 Å². The van der Waals surface area contributed by atoms with Gasteiger partial charge in [0.25, 0.3) is 0 Å². The van der Waals surface area contributed by atoms with Gasteiger partial charge in [-0.1, -0.05) is 26.7 Å². The quantitative estimate of drug-likeness (QED) is 0.784. The molecule has 1 amide bonds. The second-order valence-electron chi connectivity index (χ2n) is 7.25.